The number of sulfonamides is 1. The lowest BCUT2D eigenvalue weighted by molar-refractivity contribution is 0.219. The van der Waals surface area contributed by atoms with E-state index in [9.17, 15) is 8.42 Å². The summed E-state index contributed by atoms with van der Waals surface area (Å²) in [5.74, 6) is 0. The Morgan fingerprint density at radius 1 is 1.16 bits per heavy atom. The van der Waals surface area contributed by atoms with Crippen molar-refractivity contribution in [1.82, 2.24) is 19.4 Å². The summed E-state index contributed by atoms with van der Waals surface area (Å²) in [4.78, 5) is 2.63. The Morgan fingerprint density at radius 2 is 1.88 bits per heavy atom. The summed E-state index contributed by atoms with van der Waals surface area (Å²) in [6.07, 6.45) is 7.43. The van der Waals surface area contributed by atoms with Gasteiger partial charge in [-0.05, 0) is 44.5 Å². The van der Waals surface area contributed by atoms with Crippen LogP contribution in [0.3, 0.4) is 0 Å². The Labute approximate surface area is 149 Å². The molecule has 1 N–H and O–H groups in total. The van der Waals surface area contributed by atoms with Crippen molar-refractivity contribution in [3.63, 3.8) is 0 Å². The summed E-state index contributed by atoms with van der Waals surface area (Å²) in [6.45, 7) is 3.11. The summed E-state index contributed by atoms with van der Waals surface area (Å²) >= 11 is 0. The monoisotopic (exact) mass is 362 g/mol. The molecule has 1 saturated heterocycles. The molecule has 25 heavy (non-hydrogen) atoms. The van der Waals surface area contributed by atoms with E-state index < -0.39 is 10.0 Å². The first-order valence-electron chi connectivity index (χ1n) is 8.83. The SMILES string of the molecule is Cn1cc(S(=O)(=O)N[C@@H](CCN2CCCCC2)c2ccccc2)cn1. The minimum atomic E-state index is -3.59. The third-order valence-electron chi connectivity index (χ3n) is 4.67. The molecule has 1 aromatic carbocycles. The van der Waals surface area contributed by atoms with Gasteiger partial charge in [-0.3, -0.25) is 4.68 Å². The van der Waals surface area contributed by atoms with Crippen LogP contribution in [-0.2, 0) is 17.1 Å². The third-order valence-corrected chi connectivity index (χ3v) is 6.10. The van der Waals surface area contributed by atoms with Gasteiger partial charge in [-0.2, -0.15) is 5.10 Å². The molecule has 7 heteroatoms. The fraction of sp³-hybridized carbons (Fsp3) is 0.500. The molecule has 1 atom stereocenters. The number of rotatable bonds is 7. The quantitative estimate of drug-likeness (QED) is 0.821. The molecule has 6 nitrogen and oxygen atoms in total. The summed E-state index contributed by atoms with van der Waals surface area (Å²) in [5.41, 5.74) is 0.993. The van der Waals surface area contributed by atoms with Crippen LogP contribution in [0.15, 0.2) is 47.6 Å². The van der Waals surface area contributed by atoms with Gasteiger partial charge in [-0.15, -0.1) is 0 Å². The largest absolute Gasteiger partial charge is 0.303 e. The first-order chi connectivity index (χ1) is 12.0. The fourth-order valence-corrected chi connectivity index (χ4v) is 4.51. The van der Waals surface area contributed by atoms with Crippen LogP contribution in [0.5, 0.6) is 0 Å². The predicted octanol–water partition coefficient (Wildman–Crippen LogP) is 2.32. The summed E-state index contributed by atoms with van der Waals surface area (Å²) < 4.78 is 29.8. The second-order valence-electron chi connectivity index (χ2n) is 6.63. The molecule has 0 saturated carbocycles. The van der Waals surface area contributed by atoms with Gasteiger partial charge in [0.15, 0.2) is 0 Å². The van der Waals surface area contributed by atoms with Crippen molar-refractivity contribution in [3.8, 4) is 0 Å². The van der Waals surface area contributed by atoms with Gasteiger partial charge in [0.2, 0.25) is 10.0 Å². The van der Waals surface area contributed by atoms with E-state index in [2.05, 4.69) is 14.7 Å². The third kappa shape index (κ3) is 4.90. The Balaban J connectivity index is 1.74. The van der Waals surface area contributed by atoms with E-state index in [1.165, 1.54) is 36.3 Å². The van der Waals surface area contributed by atoms with Crippen LogP contribution in [-0.4, -0.2) is 42.7 Å². The molecule has 3 rings (SSSR count). The van der Waals surface area contributed by atoms with Gasteiger partial charge in [0.05, 0.1) is 6.20 Å². The van der Waals surface area contributed by atoms with Crippen LogP contribution < -0.4 is 4.72 Å². The van der Waals surface area contributed by atoms with Crippen LogP contribution in [0.4, 0.5) is 0 Å². The molecule has 2 heterocycles. The lowest BCUT2D eigenvalue weighted by Gasteiger charge is -2.28. The van der Waals surface area contributed by atoms with Gasteiger partial charge in [0, 0.05) is 19.3 Å². The number of hydrogen-bond donors (Lipinski definition) is 1. The highest BCUT2D eigenvalue weighted by Crippen LogP contribution is 2.21. The zero-order valence-corrected chi connectivity index (χ0v) is 15.5. The van der Waals surface area contributed by atoms with Gasteiger partial charge >= 0.3 is 0 Å². The summed E-state index contributed by atoms with van der Waals surface area (Å²) in [7, 11) is -1.88. The minimum absolute atomic E-state index is 0.203. The van der Waals surface area contributed by atoms with E-state index in [0.717, 1.165) is 31.6 Å². The zero-order valence-electron chi connectivity index (χ0n) is 14.6. The number of nitrogens with one attached hydrogen (secondary N) is 1. The molecule has 1 aromatic heterocycles. The molecular weight excluding hydrogens is 336 g/mol. The maximum atomic E-state index is 12.7. The van der Waals surface area contributed by atoms with E-state index in [1.54, 1.807) is 7.05 Å². The van der Waals surface area contributed by atoms with Gasteiger partial charge in [-0.1, -0.05) is 36.8 Å². The van der Waals surface area contributed by atoms with Crippen molar-refractivity contribution in [3.05, 3.63) is 48.3 Å². The lowest BCUT2D eigenvalue weighted by Crippen LogP contribution is -2.35. The van der Waals surface area contributed by atoms with Gasteiger partial charge in [-0.25, -0.2) is 13.1 Å². The topological polar surface area (TPSA) is 67.2 Å². The highest BCUT2D eigenvalue weighted by molar-refractivity contribution is 7.89. The second kappa shape index (κ2) is 8.12. The van der Waals surface area contributed by atoms with E-state index in [0.29, 0.717) is 0 Å². The van der Waals surface area contributed by atoms with Crippen molar-refractivity contribution >= 4 is 10.0 Å². The Morgan fingerprint density at radius 3 is 2.52 bits per heavy atom. The number of hydrogen-bond acceptors (Lipinski definition) is 4. The minimum Gasteiger partial charge on any atom is -0.303 e. The maximum absolute atomic E-state index is 12.7. The lowest BCUT2D eigenvalue weighted by atomic mass is 10.0. The molecule has 0 spiro atoms. The van der Waals surface area contributed by atoms with Crippen molar-refractivity contribution in [2.75, 3.05) is 19.6 Å². The van der Waals surface area contributed by atoms with Gasteiger partial charge in [0.25, 0.3) is 0 Å². The number of nitrogens with zero attached hydrogens (tertiary/aromatic N) is 3. The van der Waals surface area contributed by atoms with Gasteiger partial charge < -0.3 is 4.90 Å². The van der Waals surface area contributed by atoms with E-state index >= 15 is 0 Å². The molecule has 0 amide bonds. The fourth-order valence-electron chi connectivity index (χ4n) is 3.27. The van der Waals surface area contributed by atoms with Crippen LogP contribution >= 0.6 is 0 Å². The van der Waals surface area contributed by atoms with E-state index in [1.807, 2.05) is 30.3 Å². The second-order valence-corrected chi connectivity index (χ2v) is 8.34. The number of likely N-dealkylation sites (tertiary alicyclic amines) is 1. The molecule has 2 aromatic rings. The van der Waals surface area contributed by atoms with Crippen LogP contribution in [0, 0.1) is 0 Å². The molecule has 1 aliphatic heterocycles. The van der Waals surface area contributed by atoms with Crippen molar-refractivity contribution in [1.29, 1.82) is 0 Å². The van der Waals surface area contributed by atoms with Crippen molar-refractivity contribution in [2.45, 2.75) is 36.6 Å². The van der Waals surface area contributed by atoms with Crippen molar-refractivity contribution in [2.24, 2.45) is 7.05 Å². The summed E-state index contributed by atoms with van der Waals surface area (Å²) in [5, 5.41) is 3.97. The Bertz CT molecular complexity index is 767. The smallest absolute Gasteiger partial charge is 0.244 e. The molecule has 0 unspecified atom stereocenters. The van der Waals surface area contributed by atoms with E-state index in [-0.39, 0.29) is 10.9 Å². The molecular formula is C18H26N4O2S. The Hall–Kier alpha value is -1.70. The number of benzene rings is 1. The number of piperidine rings is 1. The molecule has 0 aliphatic carbocycles. The maximum Gasteiger partial charge on any atom is 0.244 e. The van der Waals surface area contributed by atoms with Crippen molar-refractivity contribution < 1.29 is 8.42 Å². The summed E-state index contributed by atoms with van der Waals surface area (Å²) in [6, 6.07) is 9.55. The predicted molar refractivity (Wildman–Crippen MR) is 97.6 cm³/mol. The van der Waals surface area contributed by atoms with E-state index in [4.69, 9.17) is 0 Å². The number of aryl methyl sites for hydroxylation is 1. The molecule has 0 radical (unpaired) electrons. The highest BCUT2D eigenvalue weighted by atomic mass is 32.2. The molecule has 1 aliphatic rings. The molecule has 1 fully saturated rings. The molecule has 0 bridgehead atoms. The highest BCUT2D eigenvalue weighted by Gasteiger charge is 2.23. The van der Waals surface area contributed by atoms with Crippen LogP contribution in [0.1, 0.15) is 37.3 Å². The molecule has 136 valence electrons. The standard InChI is InChI=1S/C18H26N4O2S/c1-21-15-17(14-19-21)25(23,24)20-18(16-8-4-2-5-9-16)10-13-22-11-6-3-7-12-22/h2,4-5,8-9,14-15,18,20H,3,6-7,10-13H2,1H3/t18-/m0/s1. The number of aromatic nitrogens is 2. The van der Waals surface area contributed by atoms with Gasteiger partial charge in [0.1, 0.15) is 4.90 Å². The Kier molecular flexibility index (Phi) is 5.88. The average Bonchev–Trinajstić information content (AvgIpc) is 3.08. The first kappa shape index (κ1) is 18.1. The zero-order chi connectivity index (χ0) is 17.7. The normalized spacial score (nSPS) is 17.5. The van der Waals surface area contributed by atoms with Crippen LogP contribution in [0.25, 0.3) is 0 Å². The first-order valence-corrected chi connectivity index (χ1v) is 10.3. The van der Waals surface area contributed by atoms with Crippen LogP contribution in [0.2, 0.25) is 0 Å². The average molecular weight is 362 g/mol.